The molecule has 0 aromatic carbocycles. The van der Waals surface area contributed by atoms with Crippen LogP contribution in [0, 0.1) is 6.92 Å². The fourth-order valence-electron chi connectivity index (χ4n) is 0.858. The van der Waals surface area contributed by atoms with Crippen LogP contribution in [0.3, 0.4) is 0 Å². The first-order valence-electron chi connectivity index (χ1n) is 4.58. The van der Waals surface area contributed by atoms with Gasteiger partial charge in [-0.2, -0.15) is 0 Å². The van der Waals surface area contributed by atoms with Gasteiger partial charge >= 0.3 is 5.97 Å². The zero-order chi connectivity index (χ0) is 11.8. The number of aryl methyl sites for hydroxylation is 1. The predicted octanol–water partition coefficient (Wildman–Crippen LogP) is 1.56. The Balaban J connectivity index is 0.000000165. The Morgan fingerprint density at radius 2 is 1.69 bits per heavy atom. The molecule has 0 radical (unpaired) electrons. The molecule has 0 atom stereocenters. The Hall–Kier alpha value is -2.30. The highest BCUT2D eigenvalue weighted by molar-refractivity contribution is 5.82. The van der Waals surface area contributed by atoms with E-state index in [0.717, 1.165) is 5.69 Å². The van der Waals surface area contributed by atoms with Crippen molar-refractivity contribution in [3.63, 3.8) is 0 Å². The Morgan fingerprint density at radius 1 is 1.06 bits per heavy atom. The van der Waals surface area contributed by atoms with Crippen LogP contribution in [0.4, 0.5) is 0 Å². The molecule has 0 aliphatic carbocycles. The first-order valence-corrected chi connectivity index (χ1v) is 4.58. The maximum Gasteiger partial charge on any atom is 0.373 e. The van der Waals surface area contributed by atoms with Crippen LogP contribution in [0.1, 0.15) is 16.3 Å². The second-order valence-electron chi connectivity index (χ2n) is 2.85. The molecule has 5 nitrogen and oxygen atoms in total. The predicted molar refractivity (Wildman–Crippen MR) is 58.0 cm³/mol. The number of carboxylic acids is 1. The van der Waals surface area contributed by atoms with Gasteiger partial charge in [0.15, 0.2) is 0 Å². The van der Waals surface area contributed by atoms with Crippen LogP contribution < -0.4 is 0 Å². The number of nitrogens with zero attached hydrogens (tertiary/aromatic N) is 3. The van der Waals surface area contributed by atoms with Crippen LogP contribution in [0.15, 0.2) is 42.9 Å². The van der Waals surface area contributed by atoms with Crippen molar-refractivity contribution in [3.8, 4) is 0 Å². The van der Waals surface area contributed by atoms with E-state index in [9.17, 15) is 4.79 Å². The summed E-state index contributed by atoms with van der Waals surface area (Å²) in [6, 6.07) is 7.42. The van der Waals surface area contributed by atoms with E-state index in [1.807, 2.05) is 25.1 Å². The first kappa shape index (κ1) is 11.8. The number of rotatable bonds is 1. The maximum absolute atomic E-state index is 10.1. The molecule has 0 unspecified atom stereocenters. The van der Waals surface area contributed by atoms with Crippen LogP contribution in [-0.4, -0.2) is 26.0 Å². The Kier molecular flexibility index (Phi) is 4.59. The van der Waals surface area contributed by atoms with Crippen LogP contribution in [0.25, 0.3) is 0 Å². The number of carbonyl (C=O) groups is 1. The molecule has 5 heteroatoms. The van der Waals surface area contributed by atoms with Crippen LogP contribution in [0.2, 0.25) is 0 Å². The summed E-state index contributed by atoms with van der Waals surface area (Å²) in [6.45, 7) is 1.97. The summed E-state index contributed by atoms with van der Waals surface area (Å²) >= 11 is 0. The van der Waals surface area contributed by atoms with Gasteiger partial charge in [0.25, 0.3) is 0 Å². The molecule has 1 N–H and O–H groups in total. The minimum Gasteiger partial charge on any atom is -0.475 e. The minimum absolute atomic E-state index is 0.169. The second kappa shape index (κ2) is 6.23. The van der Waals surface area contributed by atoms with Crippen molar-refractivity contribution in [2.24, 2.45) is 0 Å². The summed E-state index contributed by atoms with van der Waals surface area (Å²) in [5, 5.41) is 8.26. The van der Waals surface area contributed by atoms with Gasteiger partial charge in [-0.05, 0) is 25.1 Å². The van der Waals surface area contributed by atoms with Gasteiger partial charge in [-0.1, -0.05) is 6.07 Å². The fourth-order valence-corrected chi connectivity index (χ4v) is 0.858. The van der Waals surface area contributed by atoms with Crippen LogP contribution in [0.5, 0.6) is 0 Å². The molecule has 2 rings (SSSR count). The fraction of sp³-hybridized carbons (Fsp3) is 0.0909. The summed E-state index contributed by atoms with van der Waals surface area (Å²) in [5.41, 5.74) is 1.07. The van der Waals surface area contributed by atoms with Gasteiger partial charge < -0.3 is 5.11 Å². The molecule has 0 saturated carbocycles. The average molecular weight is 217 g/mol. The molecule has 2 heterocycles. The second-order valence-corrected chi connectivity index (χ2v) is 2.85. The lowest BCUT2D eigenvalue weighted by Gasteiger charge is -1.86. The van der Waals surface area contributed by atoms with E-state index in [0.29, 0.717) is 0 Å². The zero-order valence-electron chi connectivity index (χ0n) is 8.74. The van der Waals surface area contributed by atoms with Crippen LogP contribution >= 0.6 is 0 Å². The minimum atomic E-state index is -1.10. The van der Waals surface area contributed by atoms with Gasteiger partial charge in [0.1, 0.15) is 0 Å². The Morgan fingerprint density at radius 3 is 2.00 bits per heavy atom. The largest absolute Gasteiger partial charge is 0.475 e. The Labute approximate surface area is 92.8 Å². The Bertz CT molecular complexity index is 431. The molecule has 0 amide bonds. The van der Waals surface area contributed by atoms with Gasteiger partial charge in [0.05, 0.1) is 0 Å². The molecule has 82 valence electrons. The van der Waals surface area contributed by atoms with Crippen molar-refractivity contribution in [1.29, 1.82) is 0 Å². The molecule has 0 fully saturated rings. The van der Waals surface area contributed by atoms with Gasteiger partial charge in [-0.15, -0.1) is 0 Å². The van der Waals surface area contributed by atoms with Gasteiger partial charge in [0, 0.05) is 24.3 Å². The lowest BCUT2D eigenvalue weighted by Crippen LogP contribution is -2.01. The van der Waals surface area contributed by atoms with E-state index in [2.05, 4.69) is 15.0 Å². The highest BCUT2D eigenvalue weighted by atomic mass is 16.4. The molecule has 0 aliphatic rings. The molecule has 0 saturated heterocycles. The van der Waals surface area contributed by atoms with Crippen LogP contribution in [-0.2, 0) is 0 Å². The molecule has 0 bridgehead atoms. The number of pyridine rings is 1. The number of aromatic carboxylic acids is 1. The lowest BCUT2D eigenvalue weighted by atomic mass is 10.4. The third-order valence-corrected chi connectivity index (χ3v) is 1.57. The normalized spacial score (nSPS) is 8.81. The number of hydrogen-bond acceptors (Lipinski definition) is 4. The van der Waals surface area contributed by atoms with Crippen molar-refractivity contribution in [3.05, 3.63) is 54.4 Å². The summed E-state index contributed by atoms with van der Waals surface area (Å²) in [6.07, 6.45) is 4.56. The summed E-state index contributed by atoms with van der Waals surface area (Å²) < 4.78 is 0. The molecule has 0 spiro atoms. The third kappa shape index (κ3) is 4.28. The molecular formula is C11H11N3O2. The highest BCUT2D eigenvalue weighted by Crippen LogP contribution is 1.86. The monoisotopic (exact) mass is 217 g/mol. The van der Waals surface area contributed by atoms with E-state index in [1.54, 1.807) is 12.3 Å². The third-order valence-electron chi connectivity index (χ3n) is 1.57. The standard InChI is InChI=1S/C6H7N.C5H4N2O2/c1-6-4-2-3-5-7-6;8-5(9)4-6-2-1-3-7-4/h2-5H,1H3;1-3H,(H,8,9). The van der Waals surface area contributed by atoms with E-state index < -0.39 is 5.97 Å². The van der Waals surface area contributed by atoms with E-state index in [4.69, 9.17) is 5.11 Å². The molecule has 2 aromatic heterocycles. The average Bonchev–Trinajstić information content (AvgIpc) is 2.32. The molecule has 16 heavy (non-hydrogen) atoms. The molecular weight excluding hydrogens is 206 g/mol. The molecule has 2 aromatic rings. The summed E-state index contributed by atoms with van der Waals surface area (Å²) in [5.74, 6) is -1.27. The van der Waals surface area contributed by atoms with E-state index in [-0.39, 0.29) is 5.82 Å². The quantitative estimate of drug-likeness (QED) is 0.784. The van der Waals surface area contributed by atoms with Crippen molar-refractivity contribution < 1.29 is 9.90 Å². The highest BCUT2D eigenvalue weighted by Gasteiger charge is 2.01. The first-order chi connectivity index (χ1) is 7.70. The smallest absolute Gasteiger partial charge is 0.373 e. The summed E-state index contributed by atoms with van der Waals surface area (Å²) in [7, 11) is 0. The van der Waals surface area contributed by atoms with Crippen molar-refractivity contribution in [2.45, 2.75) is 6.92 Å². The van der Waals surface area contributed by atoms with Gasteiger partial charge in [-0.3, -0.25) is 4.98 Å². The van der Waals surface area contributed by atoms with Crippen molar-refractivity contribution >= 4 is 5.97 Å². The topological polar surface area (TPSA) is 76.0 Å². The number of aromatic nitrogens is 3. The SMILES string of the molecule is Cc1ccccn1.O=C(O)c1ncccn1. The van der Waals surface area contributed by atoms with E-state index in [1.165, 1.54) is 12.4 Å². The maximum atomic E-state index is 10.1. The van der Waals surface area contributed by atoms with Gasteiger partial charge in [-0.25, -0.2) is 14.8 Å². The zero-order valence-corrected chi connectivity index (χ0v) is 8.74. The number of carboxylic acid groups (broad SMARTS) is 1. The summed E-state index contributed by atoms with van der Waals surface area (Å²) in [4.78, 5) is 21.0. The lowest BCUT2D eigenvalue weighted by molar-refractivity contribution is 0.0683. The van der Waals surface area contributed by atoms with Crippen molar-refractivity contribution in [1.82, 2.24) is 15.0 Å². The van der Waals surface area contributed by atoms with Crippen molar-refractivity contribution in [2.75, 3.05) is 0 Å². The molecule has 0 aliphatic heterocycles. The van der Waals surface area contributed by atoms with E-state index >= 15 is 0 Å². The number of hydrogen-bond donors (Lipinski definition) is 1. The van der Waals surface area contributed by atoms with Gasteiger partial charge in [0.2, 0.25) is 5.82 Å².